The molecule has 0 saturated carbocycles. The maximum absolute atomic E-state index is 13.2. The lowest BCUT2D eigenvalue weighted by atomic mass is 10.1. The van der Waals surface area contributed by atoms with Crippen LogP contribution in [0.5, 0.6) is 5.75 Å². The van der Waals surface area contributed by atoms with Crippen LogP contribution in [0, 0.1) is 0 Å². The Bertz CT molecular complexity index is 884. The van der Waals surface area contributed by atoms with Gasteiger partial charge in [0.2, 0.25) is 5.91 Å². The molecule has 0 aliphatic rings. The minimum Gasteiger partial charge on any atom is -0.482 e. The fourth-order valence-electron chi connectivity index (χ4n) is 3.16. The van der Waals surface area contributed by atoms with Gasteiger partial charge < -0.3 is 15.0 Å². The van der Waals surface area contributed by atoms with E-state index >= 15 is 0 Å². The van der Waals surface area contributed by atoms with Gasteiger partial charge in [-0.2, -0.15) is 0 Å². The highest BCUT2D eigenvalue weighted by Gasteiger charge is 2.30. The van der Waals surface area contributed by atoms with E-state index in [1.165, 1.54) is 0 Å². The van der Waals surface area contributed by atoms with Crippen molar-refractivity contribution in [3.63, 3.8) is 0 Å². The molecule has 2 amide bonds. The molecule has 7 heteroatoms. The topological polar surface area (TPSA) is 58.6 Å². The van der Waals surface area contributed by atoms with Crippen molar-refractivity contribution in [2.75, 3.05) is 13.2 Å². The fraction of sp³-hybridized carbons (Fsp3) is 0.417. The lowest BCUT2D eigenvalue weighted by Gasteiger charge is -2.33. The number of ether oxygens (including phenoxy) is 1. The van der Waals surface area contributed by atoms with E-state index in [1.54, 1.807) is 23.1 Å². The smallest absolute Gasteiger partial charge is 0.261 e. The molecule has 0 spiro atoms. The van der Waals surface area contributed by atoms with Crippen molar-refractivity contribution < 1.29 is 14.3 Å². The molecular formula is C24H30BrClN2O3. The SMILES string of the molecule is CC[C@H](C(=O)NC(C)(C)C)N(CCc1ccccc1)C(=O)COc1ccc(Br)cc1Cl. The summed E-state index contributed by atoms with van der Waals surface area (Å²) >= 11 is 9.55. The Kier molecular flexibility index (Phi) is 9.38. The van der Waals surface area contributed by atoms with Crippen molar-refractivity contribution in [1.82, 2.24) is 10.2 Å². The summed E-state index contributed by atoms with van der Waals surface area (Å²) in [4.78, 5) is 27.7. The first-order valence-electron chi connectivity index (χ1n) is 10.3. The van der Waals surface area contributed by atoms with Gasteiger partial charge in [-0.25, -0.2) is 0 Å². The largest absolute Gasteiger partial charge is 0.482 e. The fourth-order valence-corrected chi connectivity index (χ4v) is 3.89. The number of carbonyl (C=O) groups excluding carboxylic acids is 2. The van der Waals surface area contributed by atoms with Crippen molar-refractivity contribution in [3.8, 4) is 5.75 Å². The van der Waals surface area contributed by atoms with E-state index in [1.807, 2.05) is 58.0 Å². The molecule has 1 N–H and O–H groups in total. The molecule has 5 nitrogen and oxygen atoms in total. The Hall–Kier alpha value is -2.05. The van der Waals surface area contributed by atoms with Gasteiger partial charge in [0.15, 0.2) is 6.61 Å². The van der Waals surface area contributed by atoms with Crippen LogP contribution in [-0.2, 0) is 16.0 Å². The number of nitrogens with one attached hydrogen (secondary N) is 1. The number of carbonyl (C=O) groups is 2. The van der Waals surface area contributed by atoms with Crippen LogP contribution < -0.4 is 10.1 Å². The highest BCUT2D eigenvalue weighted by atomic mass is 79.9. The Labute approximate surface area is 198 Å². The van der Waals surface area contributed by atoms with Crippen LogP contribution >= 0.6 is 27.5 Å². The number of amides is 2. The molecule has 0 aliphatic carbocycles. The number of rotatable bonds is 9. The quantitative estimate of drug-likeness (QED) is 0.502. The van der Waals surface area contributed by atoms with E-state index in [0.29, 0.717) is 30.2 Å². The van der Waals surface area contributed by atoms with Gasteiger partial charge >= 0.3 is 0 Å². The van der Waals surface area contributed by atoms with Crippen molar-refractivity contribution in [2.24, 2.45) is 0 Å². The van der Waals surface area contributed by atoms with Crippen LogP contribution in [0.25, 0.3) is 0 Å². The Morgan fingerprint density at radius 1 is 1.16 bits per heavy atom. The first kappa shape index (κ1) is 25.2. The highest BCUT2D eigenvalue weighted by Crippen LogP contribution is 2.27. The molecule has 0 fully saturated rings. The first-order valence-corrected chi connectivity index (χ1v) is 11.5. The average Bonchev–Trinajstić information content (AvgIpc) is 2.69. The lowest BCUT2D eigenvalue weighted by molar-refractivity contribution is -0.142. The van der Waals surface area contributed by atoms with Crippen LogP contribution in [0.1, 0.15) is 39.7 Å². The van der Waals surface area contributed by atoms with E-state index in [4.69, 9.17) is 16.3 Å². The zero-order valence-electron chi connectivity index (χ0n) is 18.5. The predicted molar refractivity (Wildman–Crippen MR) is 128 cm³/mol. The maximum Gasteiger partial charge on any atom is 0.261 e. The van der Waals surface area contributed by atoms with E-state index < -0.39 is 6.04 Å². The molecule has 0 heterocycles. The summed E-state index contributed by atoms with van der Waals surface area (Å²) in [5.74, 6) is -0.00247. The predicted octanol–water partition coefficient (Wildman–Crippen LogP) is 5.25. The molecule has 168 valence electrons. The molecule has 1 atom stereocenters. The summed E-state index contributed by atoms with van der Waals surface area (Å²) in [5.41, 5.74) is 0.711. The summed E-state index contributed by atoms with van der Waals surface area (Å²) in [6.07, 6.45) is 1.15. The highest BCUT2D eigenvalue weighted by molar-refractivity contribution is 9.10. The maximum atomic E-state index is 13.2. The molecular weight excluding hydrogens is 480 g/mol. The van der Waals surface area contributed by atoms with Gasteiger partial charge in [-0.05, 0) is 57.4 Å². The van der Waals surface area contributed by atoms with E-state index in [2.05, 4.69) is 21.2 Å². The molecule has 0 bridgehead atoms. The van der Waals surface area contributed by atoms with Gasteiger partial charge in [0.25, 0.3) is 5.91 Å². The molecule has 2 aromatic carbocycles. The zero-order chi connectivity index (χ0) is 23.0. The molecule has 0 saturated heterocycles. The number of halogens is 2. The zero-order valence-corrected chi connectivity index (χ0v) is 20.8. The monoisotopic (exact) mass is 508 g/mol. The van der Waals surface area contributed by atoms with Gasteiger partial charge in [-0.15, -0.1) is 0 Å². The van der Waals surface area contributed by atoms with E-state index in [0.717, 1.165) is 10.0 Å². The van der Waals surface area contributed by atoms with Gasteiger partial charge in [0.1, 0.15) is 11.8 Å². The minimum atomic E-state index is -0.584. The first-order chi connectivity index (χ1) is 14.6. The van der Waals surface area contributed by atoms with Crippen molar-refractivity contribution in [2.45, 2.75) is 52.1 Å². The third-order valence-electron chi connectivity index (χ3n) is 4.61. The normalized spacial score (nSPS) is 12.2. The van der Waals surface area contributed by atoms with Crippen molar-refractivity contribution >= 4 is 39.3 Å². The van der Waals surface area contributed by atoms with Gasteiger partial charge in [0.05, 0.1) is 5.02 Å². The summed E-state index contributed by atoms with van der Waals surface area (Å²) in [5, 5.41) is 3.41. The Morgan fingerprint density at radius 2 is 1.84 bits per heavy atom. The molecule has 31 heavy (non-hydrogen) atoms. The van der Waals surface area contributed by atoms with Gasteiger partial charge in [0, 0.05) is 16.6 Å². The number of hydrogen-bond acceptors (Lipinski definition) is 3. The summed E-state index contributed by atoms with van der Waals surface area (Å²) < 4.78 is 6.51. The van der Waals surface area contributed by atoms with Crippen LogP contribution in [0.3, 0.4) is 0 Å². The summed E-state index contributed by atoms with van der Waals surface area (Å²) in [7, 11) is 0. The lowest BCUT2D eigenvalue weighted by Crippen LogP contribution is -2.54. The third-order valence-corrected chi connectivity index (χ3v) is 5.40. The van der Waals surface area contributed by atoms with Crippen LogP contribution in [-0.4, -0.2) is 41.4 Å². The van der Waals surface area contributed by atoms with E-state index in [-0.39, 0.29) is 24.0 Å². The van der Waals surface area contributed by atoms with Crippen molar-refractivity contribution in [1.29, 1.82) is 0 Å². The van der Waals surface area contributed by atoms with Crippen LogP contribution in [0.4, 0.5) is 0 Å². The summed E-state index contributed by atoms with van der Waals surface area (Å²) in [6, 6.07) is 14.5. The third kappa shape index (κ3) is 8.19. The molecule has 0 radical (unpaired) electrons. The molecule has 0 aromatic heterocycles. The number of benzene rings is 2. The van der Waals surface area contributed by atoms with Gasteiger partial charge in [-0.1, -0.05) is 64.8 Å². The van der Waals surface area contributed by atoms with Crippen LogP contribution in [0.2, 0.25) is 5.02 Å². The number of hydrogen-bond donors (Lipinski definition) is 1. The molecule has 0 unspecified atom stereocenters. The second kappa shape index (κ2) is 11.5. The standard InChI is InChI=1S/C24H30BrClN2O3/c1-5-20(23(30)27-24(2,3)4)28(14-13-17-9-7-6-8-10-17)22(29)16-31-21-12-11-18(25)15-19(21)26/h6-12,15,20H,5,13-14,16H2,1-4H3,(H,27,30)/t20-/m1/s1. The Balaban J connectivity index is 2.17. The van der Waals surface area contributed by atoms with Gasteiger partial charge in [-0.3, -0.25) is 9.59 Å². The van der Waals surface area contributed by atoms with Crippen LogP contribution in [0.15, 0.2) is 53.0 Å². The summed E-state index contributed by atoms with van der Waals surface area (Å²) in [6.45, 7) is 7.89. The molecule has 2 rings (SSSR count). The number of nitrogens with zero attached hydrogens (tertiary/aromatic N) is 1. The average molecular weight is 510 g/mol. The van der Waals surface area contributed by atoms with E-state index in [9.17, 15) is 9.59 Å². The van der Waals surface area contributed by atoms with Crippen molar-refractivity contribution in [3.05, 3.63) is 63.6 Å². The second-order valence-corrected chi connectivity index (χ2v) is 9.67. The molecule has 2 aromatic rings. The minimum absolute atomic E-state index is 0.168. The molecule has 0 aliphatic heterocycles. The Morgan fingerprint density at radius 3 is 2.42 bits per heavy atom. The second-order valence-electron chi connectivity index (χ2n) is 8.35.